The largest absolute Gasteiger partial charge is 0.385 e. The maximum Gasteiger partial charge on any atom is 0.0946 e. The Kier molecular flexibility index (Phi) is 3.55. The van der Waals surface area contributed by atoms with Gasteiger partial charge in [-0.3, -0.25) is 0 Å². The number of aliphatic hydroxyl groups is 1. The van der Waals surface area contributed by atoms with Gasteiger partial charge in [0.2, 0.25) is 0 Å². The molecule has 0 saturated carbocycles. The van der Waals surface area contributed by atoms with E-state index < -0.39 is 5.60 Å². The van der Waals surface area contributed by atoms with Crippen molar-refractivity contribution in [3.05, 3.63) is 35.4 Å². The number of hydrogen-bond donors (Lipinski definition) is 2. The molecular formula is C15H23NO. The van der Waals surface area contributed by atoms with Crippen LogP contribution in [0, 0.1) is 5.92 Å². The molecule has 2 atom stereocenters. The Balaban J connectivity index is 2.26. The van der Waals surface area contributed by atoms with Crippen LogP contribution in [-0.2, 0) is 5.60 Å². The Morgan fingerprint density at radius 2 is 1.94 bits per heavy atom. The molecule has 2 N–H and O–H groups in total. The van der Waals surface area contributed by atoms with Crippen LogP contribution in [0.15, 0.2) is 24.3 Å². The van der Waals surface area contributed by atoms with E-state index >= 15 is 0 Å². The van der Waals surface area contributed by atoms with Crippen LogP contribution >= 0.6 is 0 Å². The third-order valence-electron chi connectivity index (χ3n) is 4.03. The zero-order valence-corrected chi connectivity index (χ0v) is 11.0. The van der Waals surface area contributed by atoms with E-state index in [2.05, 4.69) is 50.4 Å². The van der Waals surface area contributed by atoms with E-state index in [1.54, 1.807) is 0 Å². The molecule has 2 heteroatoms. The van der Waals surface area contributed by atoms with Crippen molar-refractivity contribution in [1.82, 2.24) is 5.32 Å². The standard InChI is InChI=1S/C15H23NO/c1-11(2)13-4-6-14(7-5-13)15(17)8-9-16-10-12(15)3/h4-7,11-12,16-17H,8-10H2,1-3H3. The number of nitrogens with one attached hydrogen (secondary N) is 1. The lowest BCUT2D eigenvalue weighted by atomic mass is 9.77. The highest BCUT2D eigenvalue weighted by molar-refractivity contribution is 5.29. The molecule has 2 rings (SSSR count). The van der Waals surface area contributed by atoms with E-state index in [0.29, 0.717) is 5.92 Å². The topological polar surface area (TPSA) is 32.3 Å². The summed E-state index contributed by atoms with van der Waals surface area (Å²) in [6.45, 7) is 8.28. The van der Waals surface area contributed by atoms with Crippen LogP contribution in [0.5, 0.6) is 0 Å². The Morgan fingerprint density at radius 3 is 2.47 bits per heavy atom. The Bertz CT molecular complexity index is 371. The first-order valence-corrected chi connectivity index (χ1v) is 6.57. The van der Waals surface area contributed by atoms with Crippen LogP contribution in [0.3, 0.4) is 0 Å². The molecule has 1 saturated heterocycles. The highest BCUT2D eigenvalue weighted by Crippen LogP contribution is 2.35. The molecule has 0 amide bonds. The highest BCUT2D eigenvalue weighted by atomic mass is 16.3. The lowest BCUT2D eigenvalue weighted by Gasteiger charge is -2.39. The lowest BCUT2D eigenvalue weighted by Crippen LogP contribution is -2.46. The van der Waals surface area contributed by atoms with Gasteiger partial charge in [0, 0.05) is 12.5 Å². The van der Waals surface area contributed by atoms with Crippen molar-refractivity contribution in [2.45, 2.75) is 38.7 Å². The summed E-state index contributed by atoms with van der Waals surface area (Å²) in [7, 11) is 0. The van der Waals surface area contributed by atoms with E-state index in [9.17, 15) is 5.11 Å². The molecule has 17 heavy (non-hydrogen) atoms. The minimum absolute atomic E-state index is 0.265. The molecule has 0 bridgehead atoms. The van der Waals surface area contributed by atoms with Gasteiger partial charge in [0.05, 0.1) is 5.60 Å². The second-order valence-corrected chi connectivity index (χ2v) is 5.56. The van der Waals surface area contributed by atoms with Crippen LogP contribution < -0.4 is 5.32 Å². The quantitative estimate of drug-likeness (QED) is 0.823. The molecular weight excluding hydrogens is 210 g/mol. The van der Waals surface area contributed by atoms with E-state index in [0.717, 1.165) is 25.1 Å². The van der Waals surface area contributed by atoms with Crippen molar-refractivity contribution in [2.24, 2.45) is 5.92 Å². The molecule has 0 aromatic heterocycles. The SMILES string of the molecule is CC(C)c1ccc(C2(O)CCNCC2C)cc1. The van der Waals surface area contributed by atoms with Gasteiger partial charge in [0.15, 0.2) is 0 Å². The number of piperidine rings is 1. The summed E-state index contributed by atoms with van der Waals surface area (Å²) in [6, 6.07) is 8.48. The summed E-state index contributed by atoms with van der Waals surface area (Å²) in [6.07, 6.45) is 0.801. The molecule has 94 valence electrons. The highest BCUT2D eigenvalue weighted by Gasteiger charge is 2.37. The summed E-state index contributed by atoms with van der Waals surface area (Å²) >= 11 is 0. The second kappa shape index (κ2) is 4.79. The summed E-state index contributed by atoms with van der Waals surface area (Å²) in [4.78, 5) is 0. The average Bonchev–Trinajstić information content (AvgIpc) is 2.33. The van der Waals surface area contributed by atoms with E-state index in [4.69, 9.17) is 0 Å². The maximum absolute atomic E-state index is 10.8. The zero-order chi connectivity index (χ0) is 12.5. The summed E-state index contributed by atoms with van der Waals surface area (Å²) < 4.78 is 0. The van der Waals surface area contributed by atoms with Crippen molar-refractivity contribution < 1.29 is 5.11 Å². The van der Waals surface area contributed by atoms with Gasteiger partial charge in [-0.05, 0) is 30.0 Å². The predicted molar refractivity (Wildman–Crippen MR) is 71.1 cm³/mol. The van der Waals surface area contributed by atoms with Gasteiger partial charge in [-0.25, -0.2) is 0 Å². The molecule has 1 aromatic rings. The van der Waals surface area contributed by atoms with Crippen molar-refractivity contribution in [2.75, 3.05) is 13.1 Å². The molecule has 1 fully saturated rings. The third kappa shape index (κ3) is 2.38. The first-order valence-electron chi connectivity index (χ1n) is 6.57. The zero-order valence-electron chi connectivity index (χ0n) is 11.0. The molecule has 0 aliphatic carbocycles. The first kappa shape index (κ1) is 12.6. The molecule has 2 unspecified atom stereocenters. The van der Waals surface area contributed by atoms with E-state index in [1.807, 2.05) is 0 Å². The molecule has 2 nitrogen and oxygen atoms in total. The average molecular weight is 233 g/mol. The van der Waals surface area contributed by atoms with Gasteiger partial charge in [-0.15, -0.1) is 0 Å². The lowest BCUT2D eigenvalue weighted by molar-refractivity contribution is -0.0392. The van der Waals surface area contributed by atoms with Gasteiger partial charge in [0.1, 0.15) is 0 Å². The van der Waals surface area contributed by atoms with Gasteiger partial charge in [-0.1, -0.05) is 45.0 Å². The predicted octanol–water partition coefficient (Wildman–Crippen LogP) is 2.63. The minimum Gasteiger partial charge on any atom is -0.385 e. The summed E-state index contributed by atoms with van der Waals surface area (Å²) in [5, 5.41) is 14.1. The van der Waals surface area contributed by atoms with Gasteiger partial charge < -0.3 is 10.4 Å². The van der Waals surface area contributed by atoms with Crippen LogP contribution in [0.25, 0.3) is 0 Å². The van der Waals surface area contributed by atoms with Crippen molar-refractivity contribution >= 4 is 0 Å². The van der Waals surface area contributed by atoms with E-state index in [-0.39, 0.29) is 5.92 Å². The van der Waals surface area contributed by atoms with Crippen molar-refractivity contribution in [3.8, 4) is 0 Å². The van der Waals surface area contributed by atoms with Crippen LogP contribution in [-0.4, -0.2) is 18.2 Å². The molecule has 0 spiro atoms. The van der Waals surface area contributed by atoms with Crippen molar-refractivity contribution in [3.63, 3.8) is 0 Å². The molecule has 0 radical (unpaired) electrons. The second-order valence-electron chi connectivity index (χ2n) is 5.56. The fourth-order valence-electron chi connectivity index (χ4n) is 2.60. The first-order chi connectivity index (χ1) is 8.04. The van der Waals surface area contributed by atoms with Gasteiger partial charge in [-0.2, -0.15) is 0 Å². The summed E-state index contributed by atoms with van der Waals surface area (Å²) in [5.74, 6) is 0.810. The Morgan fingerprint density at radius 1 is 1.29 bits per heavy atom. The van der Waals surface area contributed by atoms with Gasteiger partial charge in [0.25, 0.3) is 0 Å². The number of benzene rings is 1. The third-order valence-corrected chi connectivity index (χ3v) is 4.03. The number of hydrogen-bond acceptors (Lipinski definition) is 2. The maximum atomic E-state index is 10.8. The molecule has 1 aromatic carbocycles. The number of rotatable bonds is 2. The molecule has 1 heterocycles. The fraction of sp³-hybridized carbons (Fsp3) is 0.600. The van der Waals surface area contributed by atoms with Gasteiger partial charge >= 0.3 is 0 Å². The normalized spacial score (nSPS) is 29.6. The Hall–Kier alpha value is -0.860. The fourth-order valence-corrected chi connectivity index (χ4v) is 2.60. The van der Waals surface area contributed by atoms with Crippen LogP contribution in [0.2, 0.25) is 0 Å². The Labute approximate surface area is 104 Å². The molecule has 1 aliphatic rings. The minimum atomic E-state index is -0.652. The van der Waals surface area contributed by atoms with Crippen molar-refractivity contribution in [1.29, 1.82) is 0 Å². The van der Waals surface area contributed by atoms with Crippen LogP contribution in [0.1, 0.15) is 44.2 Å². The summed E-state index contributed by atoms with van der Waals surface area (Å²) in [5.41, 5.74) is 1.75. The molecule has 1 aliphatic heterocycles. The van der Waals surface area contributed by atoms with Crippen LogP contribution in [0.4, 0.5) is 0 Å². The smallest absolute Gasteiger partial charge is 0.0946 e. The van der Waals surface area contributed by atoms with E-state index in [1.165, 1.54) is 5.56 Å². The monoisotopic (exact) mass is 233 g/mol.